The lowest BCUT2D eigenvalue weighted by atomic mass is 9.68. The lowest BCUT2D eigenvalue weighted by molar-refractivity contribution is -0.142. The number of allylic oxidation sites excluding steroid dienone is 2. The number of carbonyl (C=O) groups excluding carboxylic acids is 3. The molecule has 6 nitrogen and oxygen atoms in total. The first kappa shape index (κ1) is 21.6. The summed E-state index contributed by atoms with van der Waals surface area (Å²) < 4.78 is 5.13. The molecule has 1 fully saturated rings. The van der Waals surface area contributed by atoms with Gasteiger partial charge in [0.1, 0.15) is 5.75 Å². The van der Waals surface area contributed by atoms with Gasteiger partial charge in [0.05, 0.1) is 18.9 Å². The van der Waals surface area contributed by atoms with Gasteiger partial charge in [0.2, 0.25) is 0 Å². The van der Waals surface area contributed by atoms with E-state index in [9.17, 15) is 14.4 Å². The summed E-state index contributed by atoms with van der Waals surface area (Å²) in [6.07, 6.45) is 4.04. The van der Waals surface area contributed by atoms with Gasteiger partial charge in [-0.3, -0.25) is 19.8 Å². The van der Waals surface area contributed by atoms with E-state index >= 15 is 0 Å². The van der Waals surface area contributed by atoms with Crippen LogP contribution in [0.3, 0.4) is 0 Å². The Hall–Kier alpha value is -4.19. The molecule has 2 aliphatic rings. The van der Waals surface area contributed by atoms with Crippen molar-refractivity contribution in [2.75, 3.05) is 7.11 Å². The summed E-state index contributed by atoms with van der Waals surface area (Å²) in [5, 5.41) is 0.917. The number of methoxy groups -OCH3 is 1. The maximum Gasteiger partial charge on any atom is 0.270 e. The molecule has 34 heavy (non-hydrogen) atoms. The zero-order valence-electron chi connectivity index (χ0n) is 18.6. The molecule has 0 aromatic heterocycles. The molecule has 1 aliphatic carbocycles. The summed E-state index contributed by atoms with van der Waals surface area (Å²) in [4.78, 5) is 40.1. The van der Waals surface area contributed by atoms with Crippen LogP contribution in [0, 0.1) is 11.8 Å². The smallest absolute Gasteiger partial charge is 0.270 e. The second kappa shape index (κ2) is 8.98. The van der Waals surface area contributed by atoms with E-state index in [1.807, 2.05) is 72.8 Å². The fraction of sp³-hybridized carbons (Fsp3) is 0.179. The Balaban J connectivity index is 1.49. The minimum absolute atomic E-state index is 0.259. The van der Waals surface area contributed by atoms with Gasteiger partial charge >= 0.3 is 0 Å². The van der Waals surface area contributed by atoms with Crippen molar-refractivity contribution in [3.05, 3.63) is 114 Å². The third-order valence-electron chi connectivity index (χ3n) is 6.63. The Morgan fingerprint density at radius 3 is 1.65 bits per heavy atom. The highest BCUT2D eigenvalue weighted by atomic mass is 16.5. The van der Waals surface area contributed by atoms with Crippen LogP contribution in [0.4, 0.5) is 0 Å². The average Bonchev–Trinajstić information content (AvgIpc) is 3.14. The zero-order chi connectivity index (χ0) is 23.7. The number of amides is 3. The number of carbonyl (C=O) groups is 3. The molecule has 6 heteroatoms. The van der Waals surface area contributed by atoms with Crippen LogP contribution in [-0.4, -0.2) is 29.8 Å². The zero-order valence-corrected chi connectivity index (χ0v) is 18.6. The molecular formula is C28H24N2O4. The van der Waals surface area contributed by atoms with Crippen LogP contribution in [0.5, 0.6) is 5.75 Å². The summed E-state index contributed by atoms with van der Waals surface area (Å²) in [6.45, 7) is 0. The molecule has 3 amide bonds. The second-order valence-electron chi connectivity index (χ2n) is 8.49. The van der Waals surface area contributed by atoms with Crippen LogP contribution >= 0.6 is 0 Å². The highest BCUT2D eigenvalue weighted by molar-refractivity contribution is 6.09. The summed E-state index contributed by atoms with van der Waals surface area (Å²) in [5.41, 5.74) is 4.81. The molecular weight excluding hydrogens is 428 g/mol. The van der Waals surface area contributed by atoms with Crippen LogP contribution in [0.15, 0.2) is 97.1 Å². The predicted octanol–water partition coefficient (Wildman–Crippen LogP) is 4.08. The Morgan fingerprint density at radius 1 is 0.735 bits per heavy atom. The highest BCUT2D eigenvalue weighted by Gasteiger charge is 2.55. The molecule has 3 aromatic carbocycles. The molecule has 3 aromatic rings. The second-order valence-corrected chi connectivity index (χ2v) is 8.49. The van der Waals surface area contributed by atoms with E-state index in [0.29, 0.717) is 11.3 Å². The van der Waals surface area contributed by atoms with Crippen LogP contribution in [0.2, 0.25) is 0 Å². The number of hydrogen-bond donors (Lipinski definition) is 1. The minimum Gasteiger partial charge on any atom is -0.497 e. The molecule has 0 radical (unpaired) electrons. The van der Waals surface area contributed by atoms with Gasteiger partial charge in [-0.1, -0.05) is 72.8 Å². The van der Waals surface area contributed by atoms with E-state index in [2.05, 4.69) is 5.43 Å². The summed E-state index contributed by atoms with van der Waals surface area (Å²) in [6, 6.07) is 25.9. The van der Waals surface area contributed by atoms with E-state index in [1.165, 1.54) is 0 Å². The highest BCUT2D eigenvalue weighted by Crippen LogP contribution is 2.48. The molecule has 1 aliphatic heterocycles. The topological polar surface area (TPSA) is 75.7 Å². The molecule has 1 saturated heterocycles. The van der Waals surface area contributed by atoms with Crippen LogP contribution < -0.4 is 10.2 Å². The summed E-state index contributed by atoms with van der Waals surface area (Å²) >= 11 is 0. The fourth-order valence-electron chi connectivity index (χ4n) is 4.95. The van der Waals surface area contributed by atoms with E-state index in [1.54, 1.807) is 31.4 Å². The summed E-state index contributed by atoms with van der Waals surface area (Å²) in [7, 11) is 1.54. The van der Waals surface area contributed by atoms with Gasteiger partial charge in [0.25, 0.3) is 17.7 Å². The van der Waals surface area contributed by atoms with Crippen molar-refractivity contribution in [1.29, 1.82) is 0 Å². The standard InChI is InChI=1S/C28H24N2O4/c1-34-21-14-12-20(13-15-21)26(31)29-30-27(32)24-22(18-8-4-2-5-9-18)16-17-23(25(24)28(30)33)19-10-6-3-7-11-19/h2-17,22-25H,1H3,(H,29,31)/t22-,23+,24-,25-/m1/s1. The van der Waals surface area contributed by atoms with Crippen molar-refractivity contribution in [2.45, 2.75) is 11.8 Å². The molecule has 0 unspecified atom stereocenters. The Kier molecular flexibility index (Phi) is 5.72. The Bertz CT molecular complexity index is 1170. The Labute approximate surface area is 197 Å². The van der Waals surface area contributed by atoms with Gasteiger partial charge in [-0.15, -0.1) is 0 Å². The normalized spacial score (nSPS) is 23.5. The SMILES string of the molecule is COc1ccc(C(=O)NN2C(=O)[C@H]3[C@H](C2=O)[C@H](c2ccccc2)C=C[C@@H]3c2ccccc2)cc1. The molecule has 1 N–H and O–H groups in total. The van der Waals surface area contributed by atoms with Gasteiger partial charge < -0.3 is 4.74 Å². The van der Waals surface area contributed by atoms with E-state index in [4.69, 9.17) is 4.74 Å². The first-order valence-electron chi connectivity index (χ1n) is 11.2. The minimum atomic E-state index is -0.610. The van der Waals surface area contributed by atoms with Crippen molar-refractivity contribution >= 4 is 17.7 Å². The number of hydrazine groups is 1. The molecule has 0 bridgehead atoms. The fourth-order valence-corrected chi connectivity index (χ4v) is 4.95. The van der Waals surface area contributed by atoms with Crippen LogP contribution in [0.1, 0.15) is 33.3 Å². The van der Waals surface area contributed by atoms with Crippen molar-refractivity contribution in [3.63, 3.8) is 0 Å². The maximum atomic E-state index is 13.6. The van der Waals surface area contributed by atoms with E-state index in [0.717, 1.165) is 16.1 Å². The van der Waals surface area contributed by atoms with Gasteiger partial charge in [-0.25, -0.2) is 0 Å². The summed E-state index contributed by atoms with van der Waals surface area (Å²) in [5.74, 6) is -2.44. The molecule has 170 valence electrons. The van der Waals surface area contributed by atoms with E-state index < -0.39 is 29.6 Å². The number of rotatable bonds is 5. The predicted molar refractivity (Wildman–Crippen MR) is 127 cm³/mol. The number of nitrogens with one attached hydrogen (secondary N) is 1. The third kappa shape index (κ3) is 3.77. The lowest BCUT2D eigenvalue weighted by Crippen LogP contribution is -2.46. The number of nitrogens with zero attached hydrogens (tertiary/aromatic N) is 1. The first-order valence-corrected chi connectivity index (χ1v) is 11.2. The van der Waals surface area contributed by atoms with Crippen LogP contribution in [-0.2, 0) is 9.59 Å². The molecule has 0 spiro atoms. The van der Waals surface area contributed by atoms with Gasteiger partial charge in [0.15, 0.2) is 0 Å². The van der Waals surface area contributed by atoms with Gasteiger partial charge in [0, 0.05) is 17.4 Å². The monoisotopic (exact) mass is 452 g/mol. The molecule has 1 heterocycles. The largest absolute Gasteiger partial charge is 0.497 e. The van der Waals surface area contributed by atoms with Gasteiger partial charge in [-0.2, -0.15) is 5.01 Å². The van der Waals surface area contributed by atoms with Crippen molar-refractivity contribution < 1.29 is 19.1 Å². The lowest BCUT2D eigenvalue weighted by Gasteiger charge is -2.32. The van der Waals surface area contributed by atoms with Crippen molar-refractivity contribution in [1.82, 2.24) is 10.4 Å². The first-order chi connectivity index (χ1) is 16.6. The molecule has 0 saturated carbocycles. The third-order valence-corrected chi connectivity index (χ3v) is 6.63. The van der Waals surface area contributed by atoms with E-state index in [-0.39, 0.29) is 11.8 Å². The number of ether oxygens (including phenoxy) is 1. The maximum absolute atomic E-state index is 13.6. The number of hydrogen-bond acceptors (Lipinski definition) is 4. The van der Waals surface area contributed by atoms with Crippen molar-refractivity contribution in [3.8, 4) is 5.75 Å². The van der Waals surface area contributed by atoms with Crippen molar-refractivity contribution in [2.24, 2.45) is 11.8 Å². The average molecular weight is 453 g/mol. The van der Waals surface area contributed by atoms with Crippen LogP contribution in [0.25, 0.3) is 0 Å². The number of benzene rings is 3. The quantitative estimate of drug-likeness (QED) is 0.468. The number of imide groups is 1. The molecule has 5 rings (SSSR count). The Morgan fingerprint density at radius 2 is 1.21 bits per heavy atom. The number of fused-ring (bicyclic) bond motifs is 1. The van der Waals surface area contributed by atoms with Gasteiger partial charge in [-0.05, 0) is 35.4 Å². The molecule has 4 atom stereocenters.